The molecule has 0 heterocycles. The Kier molecular flexibility index (Phi) is 5.06. The van der Waals surface area contributed by atoms with Gasteiger partial charge in [-0.3, -0.25) is 0 Å². The Bertz CT molecular complexity index is 161. The fraction of sp³-hybridized carbons (Fsp3) is 1.00. The molecule has 0 aliphatic carbocycles. The van der Waals surface area contributed by atoms with E-state index in [0.717, 1.165) is 19.7 Å². The number of nitrogens with two attached hydrogens (primary N) is 1. The van der Waals surface area contributed by atoms with E-state index in [0.29, 0.717) is 0 Å². The Morgan fingerprint density at radius 3 is 2.07 bits per heavy atom. The molecule has 3 heteroatoms. The normalized spacial score (nSPS) is 13.7. The molecule has 2 N–H and O–H groups in total. The summed E-state index contributed by atoms with van der Waals surface area (Å²) in [5, 5.41) is 0. The van der Waals surface area contributed by atoms with Crippen LogP contribution in [0.2, 0.25) is 0 Å². The lowest BCUT2D eigenvalue weighted by Gasteiger charge is -2.41. The molecule has 0 aliphatic heterocycles. The number of likely N-dealkylation sites (N-methyl/N-ethyl adjacent to an activating group) is 1. The van der Waals surface area contributed by atoms with Crippen molar-refractivity contribution in [3.8, 4) is 0 Å². The molecule has 0 aliphatic rings. The Morgan fingerprint density at radius 2 is 1.71 bits per heavy atom. The van der Waals surface area contributed by atoms with Crippen LogP contribution < -0.4 is 5.73 Å². The molecule has 0 spiro atoms. The van der Waals surface area contributed by atoms with E-state index in [1.54, 1.807) is 7.11 Å². The minimum atomic E-state index is -0.158. The summed E-state index contributed by atoms with van der Waals surface area (Å²) in [5.41, 5.74) is 6.08. The van der Waals surface area contributed by atoms with Crippen molar-refractivity contribution in [3.63, 3.8) is 0 Å². The van der Waals surface area contributed by atoms with Gasteiger partial charge in [0.2, 0.25) is 0 Å². The van der Waals surface area contributed by atoms with E-state index in [-0.39, 0.29) is 11.0 Å². The highest BCUT2D eigenvalue weighted by Gasteiger charge is 2.34. The number of hydrogen-bond donors (Lipinski definition) is 1. The van der Waals surface area contributed by atoms with Gasteiger partial charge in [0.1, 0.15) is 0 Å². The summed E-state index contributed by atoms with van der Waals surface area (Å²) in [7, 11) is 3.83. The number of methoxy groups -OCH3 is 1. The molecule has 0 aromatic carbocycles. The Balaban J connectivity index is 4.08. The zero-order valence-electron chi connectivity index (χ0n) is 10.6. The van der Waals surface area contributed by atoms with Crippen molar-refractivity contribution in [1.29, 1.82) is 0 Å². The maximum atomic E-state index is 6.13. The average molecular weight is 202 g/mol. The van der Waals surface area contributed by atoms with Crippen molar-refractivity contribution < 1.29 is 4.74 Å². The standard InChI is InChI=1S/C11H26N2O/c1-10(2,11(3,4)12)9-13(5)7-8-14-6/h7-9,12H2,1-6H3. The lowest BCUT2D eigenvalue weighted by atomic mass is 9.75. The highest BCUT2D eigenvalue weighted by atomic mass is 16.5. The lowest BCUT2D eigenvalue weighted by molar-refractivity contribution is 0.102. The number of rotatable bonds is 6. The maximum Gasteiger partial charge on any atom is 0.0589 e. The van der Waals surface area contributed by atoms with Crippen molar-refractivity contribution in [1.82, 2.24) is 4.90 Å². The van der Waals surface area contributed by atoms with Crippen molar-refractivity contribution in [2.75, 3.05) is 33.9 Å². The molecule has 0 saturated heterocycles. The third kappa shape index (κ3) is 4.40. The molecule has 0 aromatic rings. The van der Waals surface area contributed by atoms with Crippen molar-refractivity contribution in [3.05, 3.63) is 0 Å². The summed E-state index contributed by atoms with van der Waals surface area (Å²) in [5.74, 6) is 0. The molecule has 14 heavy (non-hydrogen) atoms. The molecule has 86 valence electrons. The van der Waals surface area contributed by atoms with Crippen molar-refractivity contribution in [2.24, 2.45) is 11.1 Å². The van der Waals surface area contributed by atoms with E-state index in [4.69, 9.17) is 10.5 Å². The van der Waals surface area contributed by atoms with Crippen LogP contribution >= 0.6 is 0 Å². The van der Waals surface area contributed by atoms with Crippen LogP contribution in [0.4, 0.5) is 0 Å². The van der Waals surface area contributed by atoms with Crippen LogP contribution in [0.25, 0.3) is 0 Å². The largest absolute Gasteiger partial charge is 0.383 e. The Labute approximate surface area is 88.6 Å². The molecule has 3 nitrogen and oxygen atoms in total. The fourth-order valence-corrected chi connectivity index (χ4v) is 1.20. The van der Waals surface area contributed by atoms with E-state index in [2.05, 4.69) is 39.6 Å². The molecular formula is C11H26N2O. The van der Waals surface area contributed by atoms with E-state index in [1.807, 2.05) is 0 Å². The molecule has 0 amide bonds. The fourth-order valence-electron chi connectivity index (χ4n) is 1.20. The van der Waals surface area contributed by atoms with Gasteiger partial charge in [-0.2, -0.15) is 0 Å². The van der Waals surface area contributed by atoms with Crippen LogP contribution in [-0.4, -0.2) is 44.3 Å². The van der Waals surface area contributed by atoms with Crippen molar-refractivity contribution in [2.45, 2.75) is 33.2 Å². The second-order valence-electron chi connectivity index (χ2n) is 5.34. The zero-order valence-corrected chi connectivity index (χ0v) is 10.6. The summed E-state index contributed by atoms with van der Waals surface area (Å²) in [4.78, 5) is 2.26. The first-order chi connectivity index (χ1) is 6.20. The second kappa shape index (κ2) is 5.10. The summed E-state index contributed by atoms with van der Waals surface area (Å²) in [6.45, 7) is 11.3. The quantitative estimate of drug-likeness (QED) is 0.706. The first-order valence-electron chi connectivity index (χ1n) is 5.17. The molecule has 0 atom stereocenters. The van der Waals surface area contributed by atoms with Gasteiger partial charge in [-0.25, -0.2) is 0 Å². The third-order valence-electron chi connectivity index (χ3n) is 3.09. The van der Waals surface area contributed by atoms with Crippen LogP contribution in [0.3, 0.4) is 0 Å². The summed E-state index contributed by atoms with van der Waals surface area (Å²) in [6, 6.07) is 0. The predicted octanol–water partition coefficient (Wildman–Crippen LogP) is 1.33. The van der Waals surface area contributed by atoms with Crippen LogP contribution in [0.1, 0.15) is 27.7 Å². The van der Waals surface area contributed by atoms with E-state index in [1.165, 1.54) is 0 Å². The summed E-state index contributed by atoms with van der Waals surface area (Å²) in [6.07, 6.45) is 0. The van der Waals surface area contributed by atoms with E-state index < -0.39 is 0 Å². The minimum absolute atomic E-state index is 0.107. The molecule has 0 bridgehead atoms. The molecule has 0 radical (unpaired) electrons. The Morgan fingerprint density at radius 1 is 1.21 bits per heavy atom. The molecule has 0 rings (SSSR count). The highest BCUT2D eigenvalue weighted by molar-refractivity contribution is 4.91. The third-order valence-corrected chi connectivity index (χ3v) is 3.09. The van der Waals surface area contributed by atoms with Gasteiger partial charge in [-0.05, 0) is 26.3 Å². The van der Waals surface area contributed by atoms with Crippen LogP contribution in [0, 0.1) is 5.41 Å². The summed E-state index contributed by atoms with van der Waals surface area (Å²) >= 11 is 0. The first-order valence-corrected chi connectivity index (χ1v) is 5.17. The van der Waals surface area contributed by atoms with Gasteiger partial charge in [0, 0.05) is 25.7 Å². The predicted molar refractivity (Wildman–Crippen MR) is 61.4 cm³/mol. The van der Waals surface area contributed by atoms with Gasteiger partial charge in [0.05, 0.1) is 6.61 Å². The number of nitrogens with zero attached hydrogens (tertiary/aromatic N) is 1. The highest BCUT2D eigenvalue weighted by Crippen LogP contribution is 2.28. The second-order valence-corrected chi connectivity index (χ2v) is 5.34. The Hall–Kier alpha value is -0.120. The molecule has 0 saturated carbocycles. The number of ether oxygens (including phenoxy) is 1. The van der Waals surface area contributed by atoms with Gasteiger partial charge >= 0.3 is 0 Å². The SMILES string of the molecule is COCCN(C)CC(C)(C)C(C)(C)N. The van der Waals surface area contributed by atoms with Crippen LogP contribution in [0.15, 0.2) is 0 Å². The minimum Gasteiger partial charge on any atom is -0.383 e. The topological polar surface area (TPSA) is 38.5 Å². The van der Waals surface area contributed by atoms with Crippen LogP contribution in [-0.2, 0) is 4.74 Å². The molecular weight excluding hydrogens is 176 g/mol. The van der Waals surface area contributed by atoms with Gasteiger partial charge in [-0.1, -0.05) is 13.8 Å². The number of hydrogen-bond acceptors (Lipinski definition) is 3. The zero-order chi connectivity index (χ0) is 11.4. The van der Waals surface area contributed by atoms with Gasteiger partial charge in [0.15, 0.2) is 0 Å². The molecule has 0 aromatic heterocycles. The van der Waals surface area contributed by atoms with Crippen LogP contribution in [0.5, 0.6) is 0 Å². The summed E-state index contributed by atoms with van der Waals surface area (Å²) < 4.78 is 5.04. The molecule has 0 fully saturated rings. The van der Waals surface area contributed by atoms with Gasteiger partial charge in [-0.15, -0.1) is 0 Å². The average Bonchev–Trinajstić information content (AvgIpc) is 1.97. The smallest absolute Gasteiger partial charge is 0.0589 e. The van der Waals surface area contributed by atoms with Crippen molar-refractivity contribution >= 4 is 0 Å². The lowest BCUT2D eigenvalue weighted by Crippen LogP contribution is -2.52. The van der Waals surface area contributed by atoms with E-state index >= 15 is 0 Å². The van der Waals surface area contributed by atoms with E-state index in [9.17, 15) is 0 Å². The molecule has 0 unspecified atom stereocenters. The van der Waals surface area contributed by atoms with Gasteiger partial charge in [0.25, 0.3) is 0 Å². The first kappa shape index (κ1) is 13.9. The maximum absolute atomic E-state index is 6.13. The monoisotopic (exact) mass is 202 g/mol. The van der Waals surface area contributed by atoms with Gasteiger partial charge < -0.3 is 15.4 Å².